The summed E-state index contributed by atoms with van der Waals surface area (Å²) in [5, 5.41) is 2.74. The van der Waals surface area contributed by atoms with E-state index in [0.29, 0.717) is 16.0 Å². The van der Waals surface area contributed by atoms with Crippen molar-refractivity contribution in [3.8, 4) is 0 Å². The average Bonchev–Trinajstić information content (AvgIpc) is 2.70. The van der Waals surface area contributed by atoms with Crippen molar-refractivity contribution in [3.63, 3.8) is 0 Å². The third-order valence-electron chi connectivity index (χ3n) is 2.37. The minimum absolute atomic E-state index is 0.226. The van der Waals surface area contributed by atoms with Gasteiger partial charge in [-0.1, -0.05) is 15.9 Å². The number of amides is 1. The summed E-state index contributed by atoms with van der Waals surface area (Å²) in [4.78, 5) is 11.9. The van der Waals surface area contributed by atoms with Crippen LogP contribution in [0.5, 0.6) is 0 Å². The number of hydrogen-bond donors (Lipinski definition) is 2. The van der Waals surface area contributed by atoms with Gasteiger partial charge in [-0.25, -0.2) is 0 Å². The van der Waals surface area contributed by atoms with E-state index in [1.807, 2.05) is 13.0 Å². The molecule has 0 atom stereocenters. The van der Waals surface area contributed by atoms with Gasteiger partial charge in [-0.05, 0) is 52.7 Å². The summed E-state index contributed by atoms with van der Waals surface area (Å²) in [6.07, 6.45) is 0. The number of anilines is 2. The van der Waals surface area contributed by atoms with Crippen molar-refractivity contribution in [2.24, 2.45) is 0 Å². The number of carbonyl (C=O) groups excluding carboxylic acids is 1. The van der Waals surface area contributed by atoms with Gasteiger partial charge in [0, 0.05) is 4.47 Å². The molecule has 1 amide bonds. The predicted molar refractivity (Wildman–Crippen MR) is 77.7 cm³/mol. The Kier molecular flexibility index (Phi) is 3.77. The Morgan fingerprint density at radius 3 is 2.61 bits per heavy atom. The van der Waals surface area contributed by atoms with Gasteiger partial charge in [0.2, 0.25) is 0 Å². The summed E-state index contributed by atoms with van der Waals surface area (Å²) in [6.45, 7) is 1.87. The normalized spacial score (nSPS) is 10.4. The van der Waals surface area contributed by atoms with Crippen molar-refractivity contribution >= 4 is 49.1 Å². The quantitative estimate of drug-likeness (QED) is 0.783. The molecule has 2 aromatic rings. The molecule has 0 aliphatic carbocycles. The maximum Gasteiger partial charge on any atom is 0.291 e. The van der Waals surface area contributed by atoms with Crippen molar-refractivity contribution in [2.45, 2.75) is 6.92 Å². The molecule has 0 bridgehead atoms. The Bertz CT molecular complexity index is 585. The van der Waals surface area contributed by atoms with Gasteiger partial charge in [0.05, 0.1) is 11.4 Å². The summed E-state index contributed by atoms with van der Waals surface area (Å²) in [5.74, 6) is -0.110. The minimum atomic E-state index is -0.335. The molecule has 0 aliphatic heterocycles. The number of nitrogen functional groups attached to an aromatic ring is 1. The van der Waals surface area contributed by atoms with Crippen molar-refractivity contribution < 1.29 is 9.21 Å². The summed E-state index contributed by atoms with van der Waals surface area (Å²) in [7, 11) is 0. The molecule has 1 aromatic heterocycles. The fourth-order valence-corrected chi connectivity index (χ4v) is 2.45. The lowest BCUT2D eigenvalue weighted by Gasteiger charge is -2.10. The molecular weight excluding hydrogens is 364 g/mol. The van der Waals surface area contributed by atoms with Crippen LogP contribution in [0.4, 0.5) is 11.4 Å². The minimum Gasteiger partial charge on any atom is -0.444 e. The summed E-state index contributed by atoms with van der Waals surface area (Å²) >= 11 is 6.49. The number of benzene rings is 1. The van der Waals surface area contributed by atoms with Gasteiger partial charge >= 0.3 is 0 Å². The average molecular weight is 374 g/mol. The molecule has 2 rings (SSSR count). The summed E-state index contributed by atoms with van der Waals surface area (Å²) < 4.78 is 6.55. The van der Waals surface area contributed by atoms with E-state index in [-0.39, 0.29) is 11.7 Å². The van der Waals surface area contributed by atoms with Crippen LogP contribution >= 0.6 is 31.9 Å². The Balaban J connectivity index is 2.27. The highest BCUT2D eigenvalue weighted by molar-refractivity contribution is 9.10. The highest BCUT2D eigenvalue weighted by Crippen LogP contribution is 2.28. The predicted octanol–water partition coefficient (Wildman–Crippen LogP) is 3.95. The number of aryl methyl sites for hydroxylation is 1. The first-order valence-electron chi connectivity index (χ1n) is 5.09. The van der Waals surface area contributed by atoms with E-state index in [9.17, 15) is 4.79 Å². The van der Waals surface area contributed by atoms with Crippen LogP contribution in [-0.4, -0.2) is 5.91 Å². The van der Waals surface area contributed by atoms with Crippen LogP contribution in [0.3, 0.4) is 0 Å². The first kappa shape index (κ1) is 13.2. The van der Waals surface area contributed by atoms with Gasteiger partial charge in [-0.2, -0.15) is 0 Å². The third-order valence-corrected chi connectivity index (χ3v) is 3.25. The molecule has 0 unspecified atom stereocenters. The second-order valence-electron chi connectivity index (χ2n) is 3.74. The van der Waals surface area contributed by atoms with Gasteiger partial charge in [0.1, 0.15) is 0 Å². The Morgan fingerprint density at radius 1 is 1.33 bits per heavy atom. The molecule has 4 nitrogen and oxygen atoms in total. The summed E-state index contributed by atoms with van der Waals surface area (Å²) in [5.41, 5.74) is 7.84. The lowest BCUT2D eigenvalue weighted by Crippen LogP contribution is -2.13. The fraction of sp³-hybridized carbons (Fsp3) is 0.0833. The molecule has 0 saturated heterocycles. The maximum atomic E-state index is 11.9. The fourth-order valence-electron chi connectivity index (χ4n) is 1.55. The molecule has 18 heavy (non-hydrogen) atoms. The lowest BCUT2D eigenvalue weighted by atomic mass is 10.1. The van der Waals surface area contributed by atoms with E-state index >= 15 is 0 Å². The highest BCUT2D eigenvalue weighted by Gasteiger charge is 2.14. The largest absolute Gasteiger partial charge is 0.444 e. The molecule has 1 heterocycles. The van der Waals surface area contributed by atoms with Crippen molar-refractivity contribution in [3.05, 3.63) is 44.7 Å². The first-order chi connectivity index (χ1) is 8.47. The first-order valence-corrected chi connectivity index (χ1v) is 6.68. The van der Waals surface area contributed by atoms with Crippen molar-refractivity contribution in [2.75, 3.05) is 11.1 Å². The van der Waals surface area contributed by atoms with E-state index in [1.165, 1.54) is 0 Å². The van der Waals surface area contributed by atoms with Crippen LogP contribution < -0.4 is 11.1 Å². The monoisotopic (exact) mass is 372 g/mol. The molecule has 0 aliphatic rings. The molecule has 94 valence electrons. The number of rotatable bonds is 2. The number of furan rings is 1. The Morgan fingerprint density at radius 2 is 2.06 bits per heavy atom. The van der Waals surface area contributed by atoms with Gasteiger partial charge < -0.3 is 15.5 Å². The van der Waals surface area contributed by atoms with Gasteiger partial charge in [-0.15, -0.1) is 0 Å². The topological polar surface area (TPSA) is 68.3 Å². The van der Waals surface area contributed by atoms with Gasteiger partial charge in [0.15, 0.2) is 10.4 Å². The number of carbonyl (C=O) groups is 1. The van der Waals surface area contributed by atoms with Gasteiger partial charge in [-0.3, -0.25) is 4.79 Å². The van der Waals surface area contributed by atoms with Gasteiger partial charge in [0.25, 0.3) is 5.91 Å². The highest BCUT2D eigenvalue weighted by atomic mass is 79.9. The number of halogens is 2. The number of nitrogens with one attached hydrogen (secondary N) is 1. The SMILES string of the molecule is Cc1cc(Br)cc(N)c1NC(=O)c1ccc(Br)o1. The van der Waals surface area contributed by atoms with Crippen LogP contribution in [0.15, 0.2) is 37.8 Å². The Labute approximate surface area is 121 Å². The molecule has 0 spiro atoms. The third kappa shape index (κ3) is 2.76. The van der Waals surface area contributed by atoms with Crippen LogP contribution in [0.1, 0.15) is 16.1 Å². The maximum absolute atomic E-state index is 11.9. The van der Waals surface area contributed by atoms with Crippen LogP contribution in [-0.2, 0) is 0 Å². The lowest BCUT2D eigenvalue weighted by molar-refractivity contribution is 0.0995. The van der Waals surface area contributed by atoms with Crippen LogP contribution in [0.2, 0.25) is 0 Å². The zero-order valence-corrected chi connectivity index (χ0v) is 12.6. The molecule has 3 N–H and O–H groups in total. The molecule has 0 saturated carbocycles. The van der Waals surface area contributed by atoms with E-state index < -0.39 is 0 Å². The van der Waals surface area contributed by atoms with Crippen LogP contribution in [0.25, 0.3) is 0 Å². The second kappa shape index (κ2) is 5.16. The van der Waals surface area contributed by atoms with E-state index in [0.717, 1.165) is 10.0 Å². The second-order valence-corrected chi connectivity index (χ2v) is 5.44. The molecule has 0 fully saturated rings. The molecule has 0 radical (unpaired) electrons. The number of hydrogen-bond acceptors (Lipinski definition) is 3. The van der Waals surface area contributed by atoms with Crippen molar-refractivity contribution in [1.82, 2.24) is 0 Å². The molecule has 6 heteroatoms. The van der Waals surface area contributed by atoms with E-state index in [1.54, 1.807) is 18.2 Å². The smallest absolute Gasteiger partial charge is 0.291 e. The molecular formula is C12H10Br2N2O2. The zero-order chi connectivity index (χ0) is 13.3. The summed E-state index contributed by atoms with van der Waals surface area (Å²) in [6, 6.07) is 6.86. The van der Waals surface area contributed by atoms with Crippen molar-refractivity contribution in [1.29, 1.82) is 0 Å². The standard InChI is InChI=1S/C12H10Br2N2O2/c1-6-4-7(13)5-8(15)11(6)16-12(17)9-2-3-10(14)18-9/h2-5H,15H2,1H3,(H,16,17). The Hall–Kier alpha value is -1.27. The zero-order valence-electron chi connectivity index (χ0n) is 9.46. The van der Waals surface area contributed by atoms with E-state index in [2.05, 4.69) is 37.2 Å². The van der Waals surface area contributed by atoms with Crippen LogP contribution in [0, 0.1) is 6.92 Å². The molecule has 1 aromatic carbocycles. The number of nitrogens with two attached hydrogens (primary N) is 1. The van der Waals surface area contributed by atoms with E-state index in [4.69, 9.17) is 10.2 Å².